The lowest BCUT2D eigenvalue weighted by molar-refractivity contribution is -0.146. The molecule has 1 aliphatic heterocycles. The number of carbonyl (C=O) groups is 2. The zero-order valence-corrected chi connectivity index (χ0v) is 15.2. The first-order valence-corrected chi connectivity index (χ1v) is 8.88. The van der Waals surface area contributed by atoms with Crippen LogP contribution in [0, 0.1) is 5.82 Å². The second kappa shape index (κ2) is 7.31. The highest BCUT2D eigenvalue weighted by Gasteiger charge is 2.36. The maximum atomic E-state index is 13.1. The minimum Gasteiger partial charge on any atom is -0.467 e. The third kappa shape index (κ3) is 3.29. The van der Waals surface area contributed by atoms with Gasteiger partial charge in [0.25, 0.3) is 5.91 Å². The van der Waals surface area contributed by atoms with Crippen LogP contribution in [0.3, 0.4) is 0 Å². The van der Waals surface area contributed by atoms with Crippen LogP contribution in [-0.2, 0) is 22.5 Å². The molecule has 1 amide bonds. The average Bonchev–Trinajstić information content (AvgIpc) is 3.22. The molecule has 0 aliphatic carbocycles. The predicted octanol–water partition coefficient (Wildman–Crippen LogP) is 3.83. The van der Waals surface area contributed by atoms with Crippen LogP contribution in [0.5, 0.6) is 0 Å². The van der Waals surface area contributed by atoms with E-state index in [1.807, 2.05) is 24.3 Å². The molecule has 1 aliphatic rings. The first-order valence-electron chi connectivity index (χ1n) is 8.88. The van der Waals surface area contributed by atoms with Gasteiger partial charge in [0.1, 0.15) is 17.6 Å². The molecule has 1 aromatic heterocycles. The number of benzene rings is 2. The van der Waals surface area contributed by atoms with E-state index in [0.29, 0.717) is 24.3 Å². The summed E-state index contributed by atoms with van der Waals surface area (Å²) < 4.78 is 23.7. The molecule has 0 bridgehead atoms. The van der Waals surface area contributed by atoms with E-state index in [1.54, 1.807) is 24.3 Å². The Balaban J connectivity index is 1.64. The van der Waals surface area contributed by atoms with Gasteiger partial charge in [0.05, 0.1) is 7.11 Å². The smallest absolute Gasteiger partial charge is 0.328 e. The monoisotopic (exact) mass is 379 g/mol. The highest BCUT2D eigenvalue weighted by atomic mass is 19.1. The summed E-state index contributed by atoms with van der Waals surface area (Å²) in [7, 11) is 1.31. The van der Waals surface area contributed by atoms with E-state index < -0.39 is 17.9 Å². The number of rotatable bonds is 3. The summed E-state index contributed by atoms with van der Waals surface area (Å²) in [6.07, 6.45) is 0.389. The zero-order chi connectivity index (χ0) is 19.7. The van der Waals surface area contributed by atoms with E-state index in [2.05, 4.69) is 0 Å². The van der Waals surface area contributed by atoms with Crippen molar-refractivity contribution in [2.24, 2.45) is 0 Å². The van der Waals surface area contributed by atoms with Crippen LogP contribution >= 0.6 is 0 Å². The van der Waals surface area contributed by atoms with Crippen molar-refractivity contribution in [2.45, 2.75) is 19.0 Å². The van der Waals surface area contributed by atoms with Crippen LogP contribution in [0.15, 0.2) is 65.1 Å². The van der Waals surface area contributed by atoms with E-state index in [9.17, 15) is 14.0 Å². The Labute approximate surface area is 161 Å². The fourth-order valence-electron chi connectivity index (χ4n) is 3.45. The van der Waals surface area contributed by atoms with Crippen molar-refractivity contribution in [1.82, 2.24) is 4.90 Å². The quantitative estimate of drug-likeness (QED) is 0.649. The van der Waals surface area contributed by atoms with Crippen molar-refractivity contribution in [3.05, 3.63) is 83.4 Å². The number of furan rings is 1. The third-order valence-corrected chi connectivity index (χ3v) is 4.93. The number of methoxy groups -OCH3 is 1. The molecule has 5 nitrogen and oxygen atoms in total. The van der Waals surface area contributed by atoms with Gasteiger partial charge in [-0.1, -0.05) is 24.3 Å². The van der Waals surface area contributed by atoms with Crippen molar-refractivity contribution in [1.29, 1.82) is 0 Å². The Morgan fingerprint density at radius 1 is 1.04 bits per heavy atom. The van der Waals surface area contributed by atoms with Gasteiger partial charge in [-0.15, -0.1) is 0 Å². The van der Waals surface area contributed by atoms with E-state index >= 15 is 0 Å². The number of hydrogen-bond donors (Lipinski definition) is 0. The SMILES string of the molecule is COC(=O)C1Cc2ccccc2CN1C(=O)c1ccc(-c2ccc(F)cc2)o1. The molecule has 28 heavy (non-hydrogen) atoms. The third-order valence-electron chi connectivity index (χ3n) is 4.93. The fraction of sp³-hybridized carbons (Fsp3) is 0.182. The Hall–Kier alpha value is -3.41. The molecule has 1 unspecified atom stereocenters. The Morgan fingerprint density at radius 2 is 1.75 bits per heavy atom. The second-order valence-corrected chi connectivity index (χ2v) is 6.62. The van der Waals surface area contributed by atoms with Crippen LogP contribution in [0.25, 0.3) is 11.3 Å². The fourth-order valence-corrected chi connectivity index (χ4v) is 3.45. The Bertz CT molecular complexity index is 1030. The summed E-state index contributed by atoms with van der Waals surface area (Å²) in [5.74, 6) is -0.631. The zero-order valence-electron chi connectivity index (χ0n) is 15.2. The maximum absolute atomic E-state index is 13.1. The molecule has 0 N–H and O–H groups in total. The molecule has 2 heterocycles. The molecule has 2 aromatic carbocycles. The lowest BCUT2D eigenvalue weighted by Crippen LogP contribution is -2.49. The highest BCUT2D eigenvalue weighted by molar-refractivity contribution is 5.95. The Kier molecular flexibility index (Phi) is 4.69. The van der Waals surface area contributed by atoms with Crippen LogP contribution < -0.4 is 0 Å². The summed E-state index contributed by atoms with van der Waals surface area (Å²) in [4.78, 5) is 26.9. The number of fused-ring (bicyclic) bond motifs is 1. The number of halogens is 1. The molecule has 142 valence electrons. The number of carbonyl (C=O) groups excluding carboxylic acids is 2. The van der Waals surface area contributed by atoms with Crippen LogP contribution in [0.1, 0.15) is 21.7 Å². The highest BCUT2D eigenvalue weighted by Crippen LogP contribution is 2.28. The molecule has 4 rings (SSSR count). The van der Waals surface area contributed by atoms with Crippen LogP contribution in [0.2, 0.25) is 0 Å². The minimum atomic E-state index is -0.716. The molecule has 0 saturated heterocycles. The summed E-state index contributed by atoms with van der Waals surface area (Å²) in [6.45, 7) is 0.293. The first kappa shape index (κ1) is 18.0. The molecule has 0 saturated carbocycles. The number of esters is 1. The lowest BCUT2D eigenvalue weighted by Gasteiger charge is -2.34. The van der Waals surface area contributed by atoms with E-state index in [4.69, 9.17) is 9.15 Å². The summed E-state index contributed by atoms with van der Waals surface area (Å²) in [5, 5.41) is 0. The molecule has 0 spiro atoms. The number of amides is 1. The first-order chi connectivity index (χ1) is 13.6. The van der Waals surface area contributed by atoms with Gasteiger partial charge in [0.2, 0.25) is 0 Å². The van der Waals surface area contributed by atoms with Gasteiger partial charge >= 0.3 is 5.97 Å². The summed E-state index contributed by atoms with van der Waals surface area (Å²) >= 11 is 0. The van der Waals surface area contributed by atoms with Gasteiger partial charge in [-0.2, -0.15) is 0 Å². The van der Waals surface area contributed by atoms with E-state index in [0.717, 1.165) is 11.1 Å². The Morgan fingerprint density at radius 3 is 2.46 bits per heavy atom. The summed E-state index contributed by atoms with van der Waals surface area (Å²) in [5.41, 5.74) is 2.67. The molecular formula is C22H18FNO4. The van der Waals surface area contributed by atoms with Crippen LogP contribution in [0.4, 0.5) is 4.39 Å². The lowest BCUT2D eigenvalue weighted by atomic mass is 9.93. The molecule has 6 heteroatoms. The number of hydrogen-bond acceptors (Lipinski definition) is 4. The molecule has 0 fully saturated rings. The molecule has 3 aromatic rings. The van der Waals surface area contributed by atoms with Gasteiger partial charge in [-0.3, -0.25) is 4.79 Å². The van der Waals surface area contributed by atoms with Gasteiger partial charge in [0, 0.05) is 18.5 Å². The van der Waals surface area contributed by atoms with Crippen molar-refractivity contribution in [3.8, 4) is 11.3 Å². The molecule has 1 atom stereocenters. The van der Waals surface area contributed by atoms with Gasteiger partial charge in [0.15, 0.2) is 5.76 Å². The average molecular weight is 379 g/mol. The van der Waals surface area contributed by atoms with Crippen molar-refractivity contribution in [3.63, 3.8) is 0 Å². The van der Waals surface area contributed by atoms with Crippen molar-refractivity contribution >= 4 is 11.9 Å². The largest absolute Gasteiger partial charge is 0.467 e. The van der Waals surface area contributed by atoms with Crippen molar-refractivity contribution in [2.75, 3.05) is 7.11 Å². The molecular weight excluding hydrogens is 361 g/mol. The number of ether oxygens (including phenoxy) is 1. The topological polar surface area (TPSA) is 59.8 Å². The van der Waals surface area contributed by atoms with Crippen LogP contribution in [-0.4, -0.2) is 29.9 Å². The standard InChI is InChI=1S/C22H18FNO4/c1-27-22(26)18-12-15-4-2-3-5-16(15)13-24(18)21(25)20-11-10-19(28-20)14-6-8-17(23)9-7-14/h2-11,18H,12-13H2,1H3. The van der Waals surface area contributed by atoms with Gasteiger partial charge in [-0.05, 0) is 47.5 Å². The maximum Gasteiger partial charge on any atom is 0.328 e. The number of nitrogens with zero attached hydrogens (tertiary/aromatic N) is 1. The van der Waals surface area contributed by atoms with E-state index in [1.165, 1.54) is 24.1 Å². The van der Waals surface area contributed by atoms with E-state index in [-0.39, 0.29) is 11.6 Å². The van der Waals surface area contributed by atoms with Gasteiger partial charge in [-0.25, -0.2) is 9.18 Å². The normalized spacial score (nSPS) is 15.8. The second-order valence-electron chi connectivity index (χ2n) is 6.62. The van der Waals surface area contributed by atoms with Gasteiger partial charge < -0.3 is 14.1 Å². The summed E-state index contributed by atoms with van der Waals surface area (Å²) in [6, 6.07) is 16.0. The molecule has 0 radical (unpaired) electrons. The predicted molar refractivity (Wildman–Crippen MR) is 99.9 cm³/mol. The minimum absolute atomic E-state index is 0.118. The van der Waals surface area contributed by atoms with Crippen molar-refractivity contribution < 1.29 is 23.1 Å².